The van der Waals surface area contributed by atoms with Crippen molar-refractivity contribution in [3.63, 3.8) is 0 Å². The summed E-state index contributed by atoms with van der Waals surface area (Å²) < 4.78 is 12.5. The third-order valence-corrected chi connectivity index (χ3v) is 7.81. The lowest BCUT2D eigenvalue weighted by molar-refractivity contribution is -0.152. The molecule has 7 nitrogen and oxygen atoms in total. The maximum atomic E-state index is 14.2. The van der Waals surface area contributed by atoms with Crippen LogP contribution in [0.1, 0.15) is 70.9 Å². The van der Waals surface area contributed by atoms with Crippen LogP contribution in [0, 0.1) is 29.1 Å². The molecule has 2 amide bonds. The Morgan fingerprint density at radius 3 is 2.12 bits per heavy atom. The highest BCUT2D eigenvalue weighted by Crippen LogP contribution is 2.45. The fraction of sp³-hybridized carbons (Fsp3) is 0.394. The summed E-state index contributed by atoms with van der Waals surface area (Å²) >= 11 is 0. The van der Waals surface area contributed by atoms with Gasteiger partial charge in [0.05, 0.1) is 17.6 Å². The lowest BCUT2D eigenvalue weighted by Gasteiger charge is -2.38. The third kappa shape index (κ3) is 5.86. The van der Waals surface area contributed by atoms with E-state index in [1.807, 2.05) is 36.4 Å². The first-order chi connectivity index (χ1) is 19.1. The summed E-state index contributed by atoms with van der Waals surface area (Å²) in [6.07, 6.45) is 2.38. The molecule has 40 heavy (non-hydrogen) atoms. The first kappa shape index (κ1) is 28.8. The minimum absolute atomic E-state index is 0.0337. The lowest BCUT2D eigenvalue weighted by Crippen LogP contribution is -2.40. The Bertz CT molecular complexity index is 1360. The summed E-state index contributed by atoms with van der Waals surface area (Å²) in [6, 6.07) is 20.3. The van der Waals surface area contributed by atoms with Gasteiger partial charge in [-0.3, -0.25) is 9.59 Å². The highest BCUT2D eigenvalue weighted by atomic mass is 16.5. The van der Waals surface area contributed by atoms with Crippen LogP contribution in [-0.4, -0.2) is 28.8 Å². The fourth-order valence-corrected chi connectivity index (χ4v) is 5.83. The Hall–Kier alpha value is -4.18. The number of ether oxygens (including phenoxy) is 2. The van der Waals surface area contributed by atoms with E-state index < -0.39 is 23.7 Å². The van der Waals surface area contributed by atoms with Gasteiger partial charge in [-0.1, -0.05) is 87.9 Å². The predicted octanol–water partition coefficient (Wildman–Crippen LogP) is 6.35. The molecule has 0 saturated heterocycles. The predicted molar refractivity (Wildman–Crippen MR) is 151 cm³/mol. The van der Waals surface area contributed by atoms with Crippen molar-refractivity contribution in [1.29, 1.82) is 5.26 Å². The van der Waals surface area contributed by atoms with Crippen molar-refractivity contribution in [3.8, 4) is 6.07 Å². The summed E-state index contributed by atoms with van der Waals surface area (Å²) in [5.74, 6) is -2.01. The fourth-order valence-electron chi connectivity index (χ4n) is 5.83. The van der Waals surface area contributed by atoms with Crippen molar-refractivity contribution >= 4 is 23.5 Å². The zero-order valence-corrected chi connectivity index (χ0v) is 23.7. The van der Waals surface area contributed by atoms with Gasteiger partial charge in [-0.25, -0.2) is 9.69 Å². The van der Waals surface area contributed by atoms with E-state index in [1.165, 1.54) is 13.8 Å². The van der Waals surface area contributed by atoms with Crippen LogP contribution < -0.4 is 0 Å². The molecule has 0 spiro atoms. The number of esters is 1. The number of amides is 2. The van der Waals surface area contributed by atoms with E-state index in [0.717, 1.165) is 17.7 Å². The molecule has 2 aromatic rings. The molecule has 1 aliphatic heterocycles. The molecular formula is C33H36N2O5. The molecule has 0 aromatic heterocycles. The number of hydrogen-bond acceptors (Lipinski definition) is 6. The monoisotopic (exact) mass is 540 g/mol. The minimum Gasteiger partial charge on any atom is -0.459 e. The molecule has 2 aliphatic rings. The normalized spacial score (nSPS) is 22.8. The van der Waals surface area contributed by atoms with E-state index in [4.69, 9.17) is 9.47 Å². The summed E-state index contributed by atoms with van der Waals surface area (Å²) in [6.45, 7) is 8.87. The van der Waals surface area contributed by atoms with Crippen molar-refractivity contribution in [3.05, 3.63) is 88.8 Å². The summed E-state index contributed by atoms with van der Waals surface area (Å²) in [7, 11) is 0. The van der Waals surface area contributed by atoms with Gasteiger partial charge in [0, 0.05) is 19.4 Å². The van der Waals surface area contributed by atoms with E-state index in [1.54, 1.807) is 24.3 Å². The van der Waals surface area contributed by atoms with Crippen molar-refractivity contribution in [2.24, 2.45) is 17.8 Å². The molecule has 1 saturated carbocycles. The summed E-state index contributed by atoms with van der Waals surface area (Å²) in [5, 5.41) is 10.5. The first-order valence-electron chi connectivity index (χ1n) is 13.8. The van der Waals surface area contributed by atoms with Gasteiger partial charge in [-0.15, -0.1) is 0 Å². The molecule has 1 fully saturated rings. The number of nitrogens with zero attached hydrogens (tertiary/aromatic N) is 2. The molecule has 4 atom stereocenters. The number of carbonyl (C=O) groups is 3. The zero-order chi connectivity index (χ0) is 29.0. The highest BCUT2D eigenvalue weighted by Gasteiger charge is 2.44. The third-order valence-electron chi connectivity index (χ3n) is 7.81. The number of nitriles is 1. The molecule has 0 radical (unpaired) electrons. The van der Waals surface area contributed by atoms with Crippen LogP contribution in [0.3, 0.4) is 0 Å². The van der Waals surface area contributed by atoms with Gasteiger partial charge in [0.25, 0.3) is 0 Å². The highest BCUT2D eigenvalue weighted by molar-refractivity contribution is 6.00. The Kier molecular flexibility index (Phi) is 8.89. The van der Waals surface area contributed by atoms with Gasteiger partial charge in [-0.2, -0.15) is 5.26 Å². The number of hydrogen-bond donors (Lipinski definition) is 0. The van der Waals surface area contributed by atoms with E-state index in [0.29, 0.717) is 29.4 Å². The van der Waals surface area contributed by atoms with Gasteiger partial charge in [0.15, 0.2) is 5.76 Å². The molecule has 0 bridgehead atoms. The van der Waals surface area contributed by atoms with Crippen LogP contribution in [-0.2, 0) is 23.9 Å². The van der Waals surface area contributed by atoms with Gasteiger partial charge in [0.2, 0.25) is 17.7 Å². The summed E-state index contributed by atoms with van der Waals surface area (Å²) in [4.78, 5) is 40.7. The molecular weight excluding hydrogens is 504 g/mol. The van der Waals surface area contributed by atoms with Crippen LogP contribution in [0.5, 0.6) is 0 Å². The zero-order valence-electron chi connectivity index (χ0n) is 23.7. The second-order valence-electron chi connectivity index (χ2n) is 11.0. The van der Waals surface area contributed by atoms with Gasteiger partial charge in [0.1, 0.15) is 11.7 Å². The van der Waals surface area contributed by atoms with Crippen LogP contribution >= 0.6 is 0 Å². The second-order valence-corrected chi connectivity index (χ2v) is 11.0. The van der Waals surface area contributed by atoms with Crippen molar-refractivity contribution < 1.29 is 23.9 Å². The van der Waals surface area contributed by atoms with Crippen LogP contribution in [0.2, 0.25) is 0 Å². The SMILES string of the molecule is CC(=O)N(C(C)=O)C1=C(C(=O)O[C@@H]2C[C@H](C)CC[C@H]2C(C)C)[C@@H](c2ccccc2)C(C#N)=C(c2ccccc2)O1. The standard InChI is InChI=1S/C33H36N2O5/c1-20(2)26-17-16-21(3)18-28(26)39-33(38)30-29(24-12-8-6-9-13-24)27(19-34)31(25-14-10-7-11-15-25)40-32(30)35(22(4)36)23(5)37/h6-15,20-21,26,28-29H,16-18H2,1-5H3/t21-,26+,28-,29+/m1/s1. The van der Waals surface area contributed by atoms with E-state index >= 15 is 0 Å². The molecule has 1 aliphatic carbocycles. The minimum atomic E-state index is -0.919. The Morgan fingerprint density at radius 1 is 0.975 bits per heavy atom. The molecule has 4 rings (SSSR count). The maximum absolute atomic E-state index is 14.2. The quantitative estimate of drug-likeness (QED) is 0.396. The van der Waals surface area contributed by atoms with E-state index in [-0.39, 0.29) is 34.8 Å². The van der Waals surface area contributed by atoms with E-state index in [9.17, 15) is 19.6 Å². The topological polar surface area (TPSA) is 96.7 Å². The molecule has 7 heteroatoms. The number of carbonyl (C=O) groups excluding carboxylic acids is 3. The van der Waals surface area contributed by atoms with Crippen molar-refractivity contribution in [2.45, 2.75) is 65.9 Å². The Morgan fingerprint density at radius 2 is 1.57 bits per heavy atom. The average Bonchev–Trinajstić information content (AvgIpc) is 2.92. The second kappa shape index (κ2) is 12.3. The lowest BCUT2D eigenvalue weighted by atomic mass is 9.75. The smallest absolute Gasteiger partial charge is 0.340 e. The maximum Gasteiger partial charge on any atom is 0.340 e. The van der Waals surface area contributed by atoms with Crippen LogP contribution in [0.25, 0.3) is 5.76 Å². The van der Waals surface area contributed by atoms with Crippen molar-refractivity contribution in [2.75, 3.05) is 0 Å². The van der Waals surface area contributed by atoms with E-state index in [2.05, 4.69) is 26.8 Å². The van der Waals surface area contributed by atoms with Crippen molar-refractivity contribution in [1.82, 2.24) is 4.90 Å². The first-order valence-corrected chi connectivity index (χ1v) is 13.8. The number of benzene rings is 2. The molecule has 0 N–H and O–H groups in total. The van der Waals surface area contributed by atoms with Gasteiger partial charge < -0.3 is 9.47 Å². The largest absolute Gasteiger partial charge is 0.459 e. The molecule has 208 valence electrons. The molecule has 1 heterocycles. The number of allylic oxidation sites excluding steroid dienone is 1. The number of imide groups is 1. The number of rotatable bonds is 6. The summed E-state index contributed by atoms with van der Waals surface area (Å²) in [5.41, 5.74) is 1.38. The average molecular weight is 541 g/mol. The van der Waals surface area contributed by atoms with Gasteiger partial charge in [-0.05, 0) is 36.2 Å². The molecule has 2 aromatic carbocycles. The molecule has 0 unspecified atom stereocenters. The Balaban J connectivity index is 1.94. The van der Waals surface area contributed by atoms with Crippen LogP contribution in [0.4, 0.5) is 0 Å². The Labute approximate surface area is 236 Å². The van der Waals surface area contributed by atoms with Crippen LogP contribution in [0.15, 0.2) is 77.7 Å². The van der Waals surface area contributed by atoms with Gasteiger partial charge >= 0.3 is 5.97 Å².